The smallest absolute Gasteiger partial charge is 0.218 e. The second kappa shape index (κ2) is 2.95. The van der Waals surface area contributed by atoms with Crippen molar-refractivity contribution in [3.8, 4) is 11.9 Å². The number of halogens is 1. The van der Waals surface area contributed by atoms with E-state index in [1.54, 1.807) is 0 Å². The topological polar surface area (TPSA) is 45.9 Å². The second-order valence-corrected chi connectivity index (χ2v) is 3.40. The van der Waals surface area contributed by atoms with E-state index in [0.29, 0.717) is 11.4 Å². The maximum atomic E-state index is 13.0. The van der Waals surface area contributed by atoms with E-state index in [-0.39, 0.29) is 0 Å². The molecule has 0 N–H and O–H groups in total. The Morgan fingerprint density at radius 3 is 2.86 bits per heavy atom. The summed E-state index contributed by atoms with van der Waals surface area (Å²) in [6.45, 7) is 0. The van der Waals surface area contributed by atoms with Gasteiger partial charge in [0, 0.05) is 5.56 Å². The average molecular weight is 192 g/mol. The van der Waals surface area contributed by atoms with Crippen molar-refractivity contribution in [3.63, 3.8) is 0 Å². The molecule has 0 unspecified atom stereocenters. The summed E-state index contributed by atoms with van der Waals surface area (Å²) in [6.07, 6.45) is 2.60. The van der Waals surface area contributed by atoms with Gasteiger partial charge >= 0.3 is 0 Å². The van der Waals surface area contributed by atoms with E-state index in [1.807, 2.05) is 0 Å². The molecule has 1 aromatic heterocycles. The van der Waals surface area contributed by atoms with Crippen molar-refractivity contribution in [1.82, 2.24) is 4.98 Å². The highest BCUT2D eigenvalue weighted by Gasteiger charge is 2.47. The Balaban J connectivity index is 2.51. The van der Waals surface area contributed by atoms with Crippen LogP contribution in [0.25, 0.3) is 0 Å². The Labute approximate surface area is 81.1 Å². The zero-order valence-corrected chi connectivity index (χ0v) is 7.75. The zero-order chi connectivity index (χ0) is 10.2. The minimum atomic E-state index is -0.555. The lowest BCUT2D eigenvalue weighted by Gasteiger charge is -2.10. The first-order valence-electron chi connectivity index (χ1n) is 4.33. The van der Waals surface area contributed by atoms with Gasteiger partial charge < -0.3 is 4.74 Å². The minimum absolute atomic E-state index is 0.352. The summed E-state index contributed by atoms with van der Waals surface area (Å²) in [5.74, 6) is -0.0761. The number of pyridine rings is 1. The number of ether oxygens (including phenoxy) is 1. The van der Waals surface area contributed by atoms with Crippen LogP contribution >= 0.6 is 0 Å². The summed E-state index contributed by atoms with van der Waals surface area (Å²) in [5.41, 5.74) is 0.0166. The lowest BCUT2D eigenvalue weighted by atomic mass is 9.99. The van der Waals surface area contributed by atoms with E-state index in [4.69, 9.17) is 10.00 Å². The molecule has 1 aliphatic rings. The Morgan fingerprint density at radius 2 is 2.36 bits per heavy atom. The molecule has 14 heavy (non-hydrogen) atoms. The van der Waals surface area contributed by atoms with E-state index in [0.717, 1.165) is 19.0 Å². The Morgan fingerprint density at radius 1 is 1.64 bits per heavy atom. The van der Waals surface area contributed by atoms with E-state index < -0.39 is 11.2 Å². The first-order chi connectivity index (χ1) is 6.72. The van der Waals surface area contributed by atoms with Crippen LogP contribution in [0.15, 0.2) is 12.3 Å². The van der Waals surface area contributed by atoms with E-state index in [2.05, 4.69) is 11.1 Å². The van der Waals surface area contributed by atoms with Crippen LogP contribution < -0.4 is 4.74 Å². The van der Waals surface area contributed by atoms with Crippen molar-refractivity contribution in [3.05, 3.63) is 23.6 Å². The van der Waals surface area contributed by atoms with Gasteiger partial charge in [-0.25, -0.2) is 9.37 Å². The van der Waals surface area contributed by atoms with Crippen LogP contribution in [0.1, 0.15) is 18.4 Å². The number of nitrogens with zero attached hydrogens (tertiary/aromatic N) is 2. The summed E-state index contributed by atoms with van der Waals surface area (Å²) in [4.78, 5) is 3.80. The molecule has 0 radical (unpaired) electrons. The van der Waals surface area contributed by atoms with E-state index in [1.165, 1.54) is 13.2 Å². The van der Waals surface area contributed by atoms with Crippen LogP contribution in [0, 0.1) is 17.1 Å². The zero-order valence-electron chi connectivity index (χ0n) is 7.75. The molecule has 0 atom stereocenters. The van der Waals surface area contributed by atoms with Crippen molar-refractivity contribution < 1.29 is 9.13 Å². The van der Waals surface area contributed by atoms with Gasteiger partial charge in [-0.15, -0.1) is 0 Å². The summed E-state index contributed by atoms with van der Waals surface area (Å²) in [7, 11) is 1.47. The van der Waals surface area contributed by atoms with Gasteiger partial charge in [0.25, 0.3) is 0 Å². The molecule has 1 saturated carbocycles. The summed E-state index contributed by atoms with van der Waals surface area (Å²) >= 11 is 0. The fourth-order valence-corrected chi connectivity index (χ4v) is 1.50. The molecule has 4 heteroatoms. The SMILES string of the molecule is COc1ncc(F)cc1C1(C#N)CC1. The molecular weight excluding hydrogens is 183 g/mol. The first kappa shape index (κ1) is 8.95. The average Bonchev–Trinajstić information content (AvgIpc) is 2.98. The molecule has 0 aromatic carbocycles. The highest BCUT2D eigenvalue weighted by atomic mass is 19.1. The lowest BCUT2D eigenvalue weighted by molar-refractivity contribution is 0.387. The van der Waals surface area contributed by atoms with Crippen LogP contribution in [-0.4, -0.2) is 12.1 Å². The van der Waals surface area contributed by atoms with Crippen molar-refractivity contribution in [2.75, 3.05) is 7.11 Å². The number of hydrogen-bond acceptors (Lipinski definition) is 3. The molecule has 1 heterocycles. The van der Waals surface area contributed by atoms with Crippen molar-refractivity contribution in [2.45, 2.75) is 18.3 Å². The highest BCUT2D eigenvalue weighted by Crippen LogP contribution is 2.50. The van der Waals surface area contributed by atoms with E-state index in [9.17, 15) is 4.39 Å². The Bertz CT molecular complexity index is 407. The molecule has 3 nitrogen and oxygen atoms in total. The first-order valence-corrected chi connectivity index (χ1v) is 4.33. The second-order valence-electron chi connectivity index (χ2n) is 3.40. The molecule has 0 spiro atoms. The van der Waals surface area contributed by atoms with Gasteiger partial charge in [-0.05, 0) is 18.9 Å². The fourth-order valence-electron chi connectivity index (χ4n) is 1.50. The molecule has 0 saturated heterocycles. The highest BCUT2D eigenvalue weighted by molar-refractivity contribution is 5.44. The normalized spacial score (nSPS) is 17.2. The van der Waals surface area contributed by atoms with Gasteiger partial charge in [0.05, 0.1) is 24.8 Å². The Hall–Kier alpha value is -1.63. The number of methoxy groups -OCH3 is 1. The van der Waals surface area contributed by atoms with Crippen LogP contribution in [-0.2, 0) is 5.41 Å². The molecule has 0 amide bonds. The van der Waals surface area contributed by atoms with Gasteiger partial charge in [-0.3, -0.25) is 0 Å². The Kier molecular flexibility index (Phi) is 1.88. The van der Waals surface area contributed by atoms with Crippen LogP contribution in [0.2, 0.25) is 0 Å². The van der Waals surface area contributed by atoms with Gasteiger partial charge in [0.15, 0.2) is 0 Å². The van der Waals surface area contributed by atoms with Gasteiger partial charge in [-0.2, -0.15) is 5.26 Å². The van der Waals surface area contributed by atoms with Gasteiger partial charge in [0.1, 0.15) is 5.82 Å². The maximum Gasteiger partial charge on any atom is 0.218 e. The summed E-state index contributed by atoms with van der Waals surface area (Å²) in [5, 5.41) is 8.97. The predicted molar refractivity (Wildman–Crippen MR) is 47.3 cm³/mol. The number of hydrogen-bond donors (Lipinski definition) is 0. The van der Waals surface area contributed by atoms with E-state index >= 15 is 0 Å². The van der Waals surface area contributed by atoms with Crippen molar-refractivity contribution in [1.29, 1.82) is 5.26 Å². The molecule has 1 aromatic rings. The molecule has 0 bridgehead atoms. The molecular formula is C10H9FN2O. The third kappa shape index (κ3) is 1.22. The van der Waals surface area contributed by atoms with Crippen molar-refractivity contribution in [2.24, 2.45) is 0 Å². The molecule has 1 aliphatic carbocycles. The summed E-state index contributed by atoms with van der Waals surface area (Å²) in [6, 6.07) is 3.52. The maximum absolute atomic E-state index is 13.0. The van der Waals surface area contributed by atoms with Crippen LogP contribution in [0.4, 0.5) is 4.39 Å². The summed E-state index contributed by atoms with van der Waals surface area (Å²) < 4.78 is 18.0. The third-order valence-electron chi connectivity index (χ3n) is 2.49. The van der Waals surface area contributed by atoms with Crippen LogP contribution in [0.3, 0.4) is 0 Å². The molecule has 1 fully saturated rings. The predicted octanol–water partition coefficient (Wildman–Crippen LogP) is 1.78. The number of rotatable bonds is 2. The minimum Gasteiger partial charge on any atom is -0.481 e. The molecule has 2 rings (SSSR count). The molecule has 0 aliphatic heterocycles. The van der Waals surface area contributed by atoms with Crippen molar-refractivity contribution >= 4 is 0 Å². The number of aromatic nitrogens is 1. The quantitative estimate of drug-likeness (QED) is 0.717. The monoisotopic (exact) mass is 192 g/mol. The standard InChI is InChI=1S/C10H9FN2O/c1-14-9-8(4-7(11)5-13-9)10(6-12)2-3-10/h4-5H,2-3H2,1H3. The third-order valence-corrected chi connectivity index (χ3v) is 2.49. The lowest BCUT2D eigenvalue weighted by Crippen LogP contribution is -2.07. The fraction of sp³-hybridized carbons (Fsp3) is 0.400. The molecule has 72 valence electrons. The van der Waals surface area contributed by atoms with Crippen LogP contribution in [0.5, 0.6) is 5.88 Å². The van der Waals surface area contributed by atoms with Gasteiger partial charge in [0.2, 0.25) is 5.88 Å². The number of nitriles is 1. The largest absolute Gasteiger partial charge is 0.481 e. The van der Waals surface area contributed by atoms with Gasteiger partial charge in [-0.1, -0.05) is 0 Å².